The lowest BCUT2D eigenvalue weighted by atomic mass is 10.0. The molecule has 1 aliphatic rings. The lowest BCUT2D eigenvalue weighted by Crippen LogP contribution is -2.34. The molecule has 1 atom stereocenters. The highest BCUT2D eigenvalue weighted by molar-refractivity contribution is 6.05. The second kappa shape index (κ2) is 4.47. The third-order valence-corrected chi connectivity index (χ3v) is 4.10. The molecular formula is C16H17N3O. The third kappa shape index (κ3) is 1.75. The van der Waals surface area contributed by atoms with E-state index in [1.54, 1.807) is 6.33 Å². The van der Waals surface area contributed by atoms with Gasteiger partial charge in [-0.25, -0.2) is 9.97 Å². The average molecular weight is 267 g/mol. The molecule has 4 heteroatoms. The van der Waals surface area contributed by atoms with Crippen LogP contribution in [-0.2, 0) is 0 Å². The van der Waals surface area contributed by atoms with E-state index in [2.05, 4.69) is 27.9 Å². The summed E-state index contributed by atoms with van der Waals surface area (Å²) in [7, 11) is 0. The minimum absolute atomic E-state index is 0.707. The van der Waals surface area contributed by atoms with Gasteiger partial charge in [-0.15, -0.1) is 0 Å². The fourth-order valence-corrected chi connectivity index (χ4v) is 3.12. The van der Waals surface area contributed by atoms with E-state index in [9.17, 15) is 0 Å². The Balaban J connectivity index is 1.91. The lowest BCUT2D eigenvalue weighted by Gasteiger charge is -2.31. The maximum atomic E-state index is 6.01. The summed E-state index contributed by atoms with van der Waals surface area (Å²) in [5, 5.41) is 1.07. The van der Waals surface area contributed by atoms with Gasteiger partial charge in [0.2, 0.25) is 0 Å². The number of hydrogen-bond donors (Lipinski definition) is 0. The fourth-order valence-electron chi connectivity index (χ4n) is 3.12. The van der Waals surface area contributed by atoms with Gasteiger partial charge in [0.15, 0.2) is 11.4 Å². The molecule has 20 heavy (non-hydrogen) atoms. The van der Waals surface area contributed by atoms with Gasteiger partial charge in [-0.2, -0.15) is 0 Å². The number of furan rings is 1. The highest BCUT2D eigenvalue weighted by atomic mass is 16.3. The Bertz CT molecular complexity index is 765. The Morgan fingerprint density at radius 1 is 1.25 bits per heavy atom. The second-order valence-corrected chi connectivity index (χ2v) is 5.67. The SMILES string of the molecule is CC1CCCN(c2ncnc3c2oc2ccccc23)C1. The molecule has 0 N–H and O–H groups in total. The molecule has 1 aliphatic heterocycles. The Hall–Kier alpha value is -2.10. The van der Waals surface area contributed by atoms with E-state index in [4.69, 9.17) is 4.42 Å². The summed E-state index contributed by atoms with van der Waals surface area (Å²) in [6, 6.07) is 8.04. The molecule has 1 aromatic carbocycles. The van der Waals surface area contributed by atoms with Gasteiger partial charge in [-0.1, -0.05) is 19.1 Å². The van der Waals surface area contributed by atoms with Crippen molar-refractivity contribution in [3.8, 4) is 0 Å². The summed E-state index contributed by atoms with van der Waals surface area (Å²) in [4.78, 5) is 11.2. The van der Waals surface area contributed by atoms with Gasteiger partial charge >= 0.3 is 0 Å². The molecule has 1 saturated heterocycles. The number of piperidine rings is 1. The lowest BCUT2D eigenvalue weighted by molar-refractivity contribution is 0.444. The van der Waals surface area contributed by atoms with Gasteiger partial charge in [0.1, 0.15) is 17.4 Å². The van der Waals surface area contributed by atoms with E-state index < -0.39 is 0 Å². The van der Waals surface area contributed by atoms with Crippen molar-refractivity contribution in [1.82, 2.24) is 9.97 Å². The van der Waals surface area contributed by atoms with Crippen LogP contribution < -0.4 is 4.90 Å². The molecular weight excluding hydrogens is 250 g/mol. The standard InChI is InChI=1S/C16H17N3O/c1-11-5-4-8-19(9-11)16-15-14(17-10-18-16)12-6-2-3-7-13(12)20-15/h2-3,6-7,10-11H,4-5,8-9H2,1H3. The highest BCUT2D eigenvalue weighted by Crippen LogP contribution is 2.33. The van der Waals surface area contributed by atoms with Crippen molar-refractivity contribution in [3.05, 3.63) is 30.6 Å². The maximum absolute atomic E-state index is 6.01. The molecule has 3 heterocycles. The third-order valence-electron chi connectivity index (χ3n) is 4.10. The number of hydrogen-bond acceptors (Lipinski definition) is 4. The van der Waals surface area contributed by atoms with E-state index in [1.165, 1.54) is 12.8 Å². The molecule has 4 rings (SSSR count). The summed E-state index contributed by atoms with van der Waals surface area (Å²) in [5.41, 5.74) is 2.63. The summed E-state index contributed by atoms with van der Waals surface area (Å²) >= 11 is 0. The minimum Gasteiger partial charge on any atom is -0.450 e. The number of nitrogens with zero attached hydrogens (tertiary/aromatic N) is 3. The topological polar surface area (TPSA) is 42.2 Å². The monoisotopic (exact) mass is 267 g/mol. The van der Waals surface area contributed by atoms with Crippen molar-refractivity contribution in [2.24, 2.45) is 5.92 Å². The highest BCUT2D eigenvalue weighted by Gasteiger charge is 2.22. The average Bonchev–Trinajstić information content (AvgIpc) is 2.86. The molecule has 0 saturated carbocycles. The quantitative estimate of drug-likeness (QED) is 0.675. The van der Waals surface area contributed by atoms with E-state index in [-0.39, 0.29) is 0 Å². The van der Waals surface area contributed by atoms with Crippen LogP contribution in [0.4, 0.5) is 5.82 Å². The number of benzene rings is 1. The first kappa shape index (κ1) is 11.7. The van der Waals surface area contributed by atoms with E-state index in [1.807, 2.05) is 18.2 Å². The number of fused-ring (bicyclic) bond motifs is 3. The van der Waals surface area contributed by atoms with Crippen LogP contribution in [0.25, 0.3) is 22.1 Å². The molecule has 0 bridgehead atoms. The predicted octanol–water partition coefficient (Wildman–Crippen LogP) is 3.61. The van der Waals surface area contributed by atoms with Crippen molar-refractivity contribution in [2.75, 3.05) is 18.0 Å². The number of para-hydroxylation sites is 1. The first-order chi connectivity index (χ1) is 9.83. The molecule has 1 fully saturated rings. The van der Waals surface area contributed by atoms with Gasteiger partial charge in [-0.05, 0) is 30.9 Å². The van der Waals surface area contributed by atoms with Crippen LogP contribution in [0.3, 0.4) is 0 Å². The summed E-state index contributed by atoms with van der Waals surface area (Å²) < 4.78 is 6.01. The Kier molecular flexibility index (Phi) is 2.62. The van der Waals surface area contributed by atoms with Crippen molar-refractivity contribution in [2.45, 2.75) is 19.8 Å². The molecule has 0 spiro atoms. The summed E-state index contributed by atoms with van der Waals surface area (Å²) in [6.45, 7) is 4.39. The van der Waals surface area contributed by atoms with Gasteiger partial charge in [0.25, 0.3) is 0 Å². The van der Waals surface area contributed by atoms with Gasteiger partial charge in [-0.3, -0.25) is 0 Å². The first-order valence-electron chi connectivity index (χ1n) is 7.20. The van der Waals surface area contributed by atoms with Crippen LogP contribution in [0.15, 0.2) is 35.0 Å². The van der Waals surface area contributed by atoms with Crippen LogP contribution in [0, 0.1) is 5.92 Å². The molecule has 3 aromatic rings. The van der Waals surface area contributed by atoms with Gasteiger partial charge < -0.3 is 9.32 Å². The zero-order valence-electron chi connectivity index (χ0n) is 11.5. The van der Waals surface area contributed by atoms with Crippen molar-refractivity contribution >= 4 is 27.9 Å². The Labute approximate surface area is 117 Å². The van der Waals surface area contributed by atoms with Crippen LogP contribution in [0.5, 0.6) is 0 Å². The predicted molar refractivity (Wildman–Crippen MR) is 79.9 cm³/mol. The molecule has 0 amide bonds. The van der Waals surface area contributed by atoms with Crippen molar-refractivity contribution in [1.29, 1.82) is 0 Å². The first-order valence-corrected chi connectivity index (χ1v) is 7.20. The van der Waals surface area contributed by atoms with Gasteiger partial charge in [0, 0.05) is 18.5 Å². The van der Waals surface area contributed by atoms with Crippen molar-refractivity contribution in [3.63, 3.8) is 0 Å². The fraction of sp³-hybridized carbons (Fsp3) is 0.375. The summed E-state index contributed by atoms with van der Waals surface area (Å²) in [6.07, 6.45) is 4.16. The zero-order valence-corrected chi connectivity index (χ0v) is 11.5. The molecule has 1 unspecified atom stereocenters. The number of anilines is 1. The maximum Gasteiger partial charge on any atom is 0.196 e. The van der Waals surface area contributed by atoms with Crippen LogP contribution in [0.1, 0.15) is 19.8 Å². The van der Waals surface area contributed by atoms with Crippen molar-refractivity contribution < 1.29 is 4.42 Å². The van der Waals surface area contributed by atoms with Gasteiger partial charge in [0.05, 0.1) is 0 Å². The van der Waals surface area contributed by atoms with Crippen LogP contribution in [0.2, 0.25) is 0 Å². The molecule has 0 aliphatic carbocycles. The Morgan fingerprint density at radius 3 is 3.05 bits per heavy atom. The van der Waals surface area contributed by atoms with E-state index >= 15 is 0 Å². The zero-order chi connectivity index (χ0) is 13.5. The largest absolute Gasteiger partial charge is 0.450 e. The number of rotatable bonds is 1. The summed E-state index contributed by atoms with van der Waals surface area (Å²) in [5.74, 6) is 1.65. The van der Waals surface area contributed by atoms with E-state index in [0.717, 1.165) is 41.0 Å². The smallest absolute Gasteiger partial charge is 0.196 e. The van der Waals surface area contributed by atoms with E-state index in [0.29, 0.717) is 5.92 Å². The van der Waals surface area contributed by atoms with Crippen LogP contribution >= 0.6 is 0 Å². The Morgan fingerprint density at radius 2 is 2.15 bits per heavy atom. The molecule has 102 valence electrons. The second-order valence-electron chi connectivity index (χ2n) is 5.67. The molecule has 0 radical (unpaired) electrons. The number of aromatic nitrogens is 2. The minimum atomic E-state index is 0.707. The molecule has 4 nitrogen and oxygen atoms in total. The van der Waals surface area contributed by atoms with Crippen LogP contribution in [-0.4, -0.2) is 23.1 Å². The normalized spacial score (nSPS) is 19.9. The molecule has 2 aromatic heterocycles.